The standard InChI is InChI=1S/C16H12Cl2N2O2S/c1-9(21)10-2-5-12(6-3-10)19-16(23)20-15(22)11-4-7-13(17)14(18)8-11/h2-8H,1H3,(H2,19,20,22,23). The summed E-state index contributed by atoms with van der Waals surface area (Å²) in [5.41, 5.74) is 1.60. The number of halogens is 2. The SMILES string of the molecule is CC(=O)c1ccc(NC(=S)NC(=O)c2ccc(Cl)c(Cl)c2)cc1. The van der Waals surface area contributed by atoms with Gasteiger partial charge in [-0.1, -0.05) is 23.2 Å². The van der Waals surface area contributed by atoms with Crippen molar-refractivity contribution < 1.29 is 9.59 Å². The second-order valence-electron chi connectivity index (χ2n) is 4.67. The second-order valence-corrected chi connectivity index (χ2v) is 5.89. The maximum Gasteiger partial charge on any atom is 0.257 e. The molecule has 0 unspecified atom stereocenters. The Balaban J connectivity index is 1.99. The minimum Gasteiger partial charge on any atom is -0.332 e. The van der Waals surface area contributed by atoms with Gasteiger partial charge in [-0.05, 0) is 61.6 Å². The lowest BCUT2D eigenvalue weighted by Gasteiger charge is -2.10. The quantitative estimate of drug-likeness (QED) is 0.627. The molecule has 1 amide bonds. The first kappa shape index (κ1) is 17.4. The van der Waals surface area contributed by atoms with Crippen molar-refractivity contribution >= 4 is 57.9 Å². The van der Waals surface area contributed by atoms with E-state index in [1.807, 2.05) is 0 Å². The molecule has 118 valence electrons. The van der Waals surface area contributed by atoms with Crippen LogP contribution < -0.4 is 10.6 Å². The Bertz CT molecular complexity index is 776. The van der Waals surface area contributed by atoms with Gasteiger partial charge in [0.05, 0.1) is 10.0 Å². The Morgan fingerprint density at radius 3 is 2.13 bits per heavy atom. The number of hydrogen-bond donors (Lipinski definition) is 2. The Morgan fingerprint density at radius 1 is 0.957 bits per heavy atom. The summed E-state index contributed by atoms with van der Waals surface area (Å²) in [5, 5.41) is 6.20. The first-order valence-corrected chi connectivity index (χ1v) is 7.71. The first-order valence-electron chi connectivity index (χ1n) is 6.55. The zero-order valence-corrected chi connectivity index (χ0v) is 14.4. The van der Waals surface area contributed by atoms with Crippen molar-refractivity contribution in [3.63, 3.8) is 0 Å². The highest BCUT2D eigenvalue weighted by Gasteiger charge is 2.10. The summed E-state index contributed by atoms with van der Waals surface area (Å²) in [7, 11) is 0. The molecular formula is C16H12Cl2N2O2S. The van der Waals surface area contributed by atoms with Crippen LogP contribution in [0.2, 0.25) is 10.0 Å². The molecule has 0 fully saturated rings. The van der Waals surface area contributed by atoms with Gasteiger partial charge in [0, 0.05) is 16.8 Å². The number of Topliss-reactive ketones (excluding diaryl/α,β-unsaturated/α-hetero) is 1. The summed E-state index contributed by atoms with van der Waals surface area (Å²) in [5.74, 6) is -0.423. The maximum absolute atomic E-state index is 12.1. The fourth-order valence-electron chi connectivity index (χ4n) is 1.76. The molecule has 2 aromatic carbocycles. The smallest absolute Gasteiger partial charge is 0.257 e. The summed E-state index contributed by atoms with van der Waals surface area (Å²) in [6.45, 7) is 1.49. The maximum atomic E-state index is 12.1. The van der Waals surface area contributed by atoms with E-state index in [9.17, 15) is 9.59 Å². The molecule has 0 saturated carbocycles. The second kappa shape index (κ2) is 7.55. The number of hydrogen-bond acceptors (Lipinski definition) is 3. The third kappa shape index (κ3) is 4.76. The van der Waals surface area contributed by atoms with Crippen molar-refractivity contribution in [2.45, 2.75) is 6.92 Å². The third-order valence-electron chi connectivity index (χ3n) is 2.96. The molecule has 0 aliphatic heterocycles. The number of nitrogens with one attached hydrogen (secondary N) is 2. The van der Waals surface area contributed by atoms with E-state index in [4.69, 9.17) is 35.4 Å². The normalized spacial score (nSPS) is 10.0. The number of carbonyl (C=O) groups is 2. The van der Waals surface area contributed by atoms with Crippen molar-refractivity contribution in [3.05, 3.63) is 63.6 Å². The lowest BCUT2D eigenvalue weighted by Crippen LogP contribution is -2.34. The fourth-order valence-corrected chi connectivity index (χ4v) is 2.27. The predicted octanol–water partition coefficient (Wildman–Crippen LogP) is 4.32. The Labute approximate surface area is 148 Å². The minimum absolute atomic E-state index is 0.0213. The number of ketones is 1. The highest BCUT2D eigenvalue weighted by molar-refractivity contribution is 7.80. The first-order chi connectivity index (χ1) is 10.9. The van der Waals surface area contributed by atoms with Crippen LogP contribution in [-0.4, -0.2) is 16.8 Å². The zero-order valence-electron chi connectivity index (χ0n) is 12.0. The van der Waals surface area contributed by atoms with Crippen LogP contribution in [0, 0.1) is 0 Å². The van der Waals surface area contributed by atoms with Crippen molar-refractivity contribution in [1.82, 2.24) is 5.32 Å². The molecule has 0 radical (unpaired) electrons. The summed E-state index contributed by atoms with van der Waals surface area (Å²) in [6, 6.07) is 11.3. The fraction of sp³-hybridized carbons (Fsp3) is 0.0625. The molecule has 0 heterocycles. The summed E-state index contributed by atoms with van der Waals surface area (Å²) >= 11 is 16.8. The van der Waals surface area contributed by atoms with E-state index in [-0.39, 0.29) is 15.9 Å². The average Bonchev–Trinajstić information content (AvgIpc) is 2.50. The van der Waals surface area contributed by atoms with Crippen molar-refractivity contribution in [3.8, 4) is 0 Å². The molecule has 0 bridgehead atoms. The van der Waals surface area contributed by atoms with Gasteiger partial charge >= 0.3 is 0 Å². The van der Waals surface area contributed by atoms with Crippen LogP contribution in [0.4, 0.5) is 5.69 Å². The predicted molar refractivity (Wildman–Crippen MR) is 96.6 cm³/mol. The molecule has 2 rings (SSSR count). The molecular weight excluding hydrogens is 355 g/mol. The van der Waals surface area contributed by atoms with Crippen LogP contribution in [-0.2, 0) is 0 Å². The molecule has 0 aromatic heterocycles. The Kier molecular flexibility index (Phi) is 5.71. The average molecular weight is 367 g/mol. The van der Waals surface area contributed by atoms with Gasteiger partial charge in [0.2, 0.25) is 0 Å². The van der Waals surface area contributed by atoms with E-state index in [1.165, 1.54) is 19.1 Å². The van der Waals surface area contributed by atoms with E-state index < -0.39 is 5.91 Å². The number of rotatable bonds is 3. The molecule has 0 aliphatic carbocycles. The highest BCUT2D eigenvalue weighted by Crippen LogP contribution is 2.22. The van der Waals surface area contributed by atoms with Crippen molar-refractivity contribution in [1.29, 1.82) is 0 Å². The molecule has 0 saturated heterocycles. The van der Waals surface area contributed by atoms with Crippen LogP contribution in [0.3, 0.4) is 0 Å². The van der Waals surface area contributed by atoms with E-state index >= 15 is 0 Å². The molecule has 0 spiro atoms. The molecule has 7 heteroatoms. The Morgan fingerprint density at radius 2 is 1.57 bits per heavy atom. The number of thiocarbonyl (C=S) groups is 1. The van der Waals surface area contributed by atoms with E-state index in [0.717, 1.165) is 0 Å². The van der Waals surface area contributed by atoms with Gasteiger partial charge in [-0.3, -0.25) is 14.9 Å². The monoisotopic (exact) mass is 366 g/mol. The van der Waals surface area contributed by atoms with Crippen LogP contribution in [0.5, 0.6) is 0 Å². The van der Waals surface area contributed by atoms with Crippen LogP contribution in [0.1, 0.15) is 27.6 Å². The highest BCUT2D eigenvalue weighted by atomic mass is 35.5. The van der Waals surface area contributed by atoms with E-state index in [0.29, 0.717) is 21.8 Å². The van der Waals surface area contributed by atoms with Gasteiger partial charge in [-0.2, -0.15) is 0 Å². The van der Waals surface area contributed by atoms with E-state index in [2.05, 4.69) is 10.6 Å². The van der Waals surface area contributed by atoms with Gasteiger partial charge in [0.1, 0.15) is 0 Å². The van der Waals surface area contributed by atoms with Gasteiger partial charge < -0.3 is 5.32 Å². The van der Waals surface area contributed by atoms with Gasteiger partial charge in [-0.15, -0.1) is 0 Å². The minimum atomic E-state index is -0.401. The number of carbonyl (C=O) groups excluding carboxylic acids is 2. The molecule has 2 N–H and O–H groups in total. The zero-order chi connectivity index (χ0) is 17.0. The summed E-state index contributed by atoms with van der Waals surface area (Å²) < 4.78 is 0. The van der Waals surface area contributed by atoms with Gasteiger partial charge in [-0.25, -0.2) is 0 Å². The number of anilines is 1. The lowest BCUT2D eigenvalue weighted by molar-refractivity contribution is 0.0976. The van der Waals surface area contributed by atoms with Gasteiger partial charge in [0.25, 0.3) is 5.91 Å². The molecule has 23 heavy (non-hydrogen) atoms. The van der Waals surface area contributed by atoms with Crippen molar-refractivity contribution in [2.75, 3.05) is 5.32 Å². The summed E-state index contributed by atoms with van der Waals surface area (Å²) in [4.78, 5) is 23.3. The largest absolute Gasteiger partial charge is 0.332 e. The third-order valence-corrected chi connectivity index (χ3v) is 3.90. The summed E-state index contributed by atoms with van der Waals surface area (Å²) in [6.07, 6.45) is 0. The number of amides is 1. The van der Waals surface area contributed by atoms with Crippen LogP contribution >= 0.6 is 35.4 Å². The topological polar surface area (TPSA) is 58.2 Å². The van der Waals surface area contributed by atoms with E-state index in [1.54, 1.807) is 30.3 Å². The molecule has 4 nitrogen and oxygen atoms in total. The molecule has 0 atom stereocenters. The van der Waals surface area contributed by atoms with Crippen LogP contribution in [0.25, 0.3) is 0 Å². The molecule has 2 aromatic rings. The molecule has 0 aliphatic rings. The van der Waals surface area contributed by atoms with Crippen molar-refractivity contribution in [2.24, 2.45) is 0 Å². The van der Waals surface area contributed by atoms with Crippen LogP contribution in [0.15, 0.2) is 42.5 Å². The number of benzene rings is 2. The van der Waals surface area contributed by atoms with Gasteiger partial charge in [0.15, 0.2) is 10.9 Å². The lowest BCUT2D eigenvalue weighted by atomic mass is 10.1. The Hall–Kier alpha value is -1.95.